The number of hydrogen-bond acceptors (Lipinski definition) is 6. The molecule has 3 N–H and O–H groups in total. The smallest absolute Gasteiger partial charge is 0.261 e. The summed E-state index contributed by atoms with van der Waals surface area (Å²) in [7, 11) is -7.84. The quantitative estimate of drug-likeness (QED) is 0.391. The van der Waals surface area contributed by atoms with Gasteiger partial charge in [-0.15, -0.1) is 12.4 Å². The van der Waals surface area contributed by atoms with Gasteiger partial charge >= 0.3 is 0 Å². The van der Waals surface area contributed by atoms with Crippen LogP contribution in [0.5, 0.6) is 0 Å². The van der Waals surface area contributed by atoms with E-state index in [1.807, 2.05) is 18.2 Å². The SMILES string of the molecule is Cl.O=S(=O)(C=Cc1ccccc1)Nc1ccc(N2CCCNCC2)cc1NS(=O)(=O)c1ccccc1. The van der Waals surface area contributed by atoms with Gasteiger partial charge < -0.3 is 10.2 Å². The Hall–Kier alpha value is -3.05. The molecular formula is C25H29ClN4O4S2. The van der Waals surface area contributed by atoms with Crippen molar-refractivity contribution in [3.8, 4) is 0 Å². The standard InChI is InChI=1S/C25H28N4O4S2.ClH/c30-34(31,19-14-21-8-3-1-4-9-21)27-24-13-12-22(29-17-7-15-26-16-18-29)20-25(24)28-35(32,33)23-10-5-2-6-11-23;/h1-6,8-14,19-20,26-28H,7,15-18H2;1H. The van der Waals surface area contributed by atoms with Gasteiger partial charge in [-0.05, 0) is 54.9 Å². The van der Waals surface area contributed by atoms with Crippen LogP contribution >= 0.6 is 12.4 Å². The average Bonchev–Trinajstić information content (AvgIpc) is 3.15. The highest BCUT2D eigenvalue weighted by atomic mass is 35.5. The summed E-state index contributed by atoms with van der Waals surface area (Å²) in [6.07, 6.45) is 2.43. The zero-order chi connectivity index (χ0) is 24.7. The van der Waals surface area contributed by atoms with Crippen molar-refractivity contribution in [2.24, 2.45) is 0 Å². The van der Waals surface area contributed by atoms with Crippen LogP contribution in [0.1, 0.15) is 12.0 Å². The second-order valence-electron chi connectivity index (χ2n) is 8.10. The Kier molecular flexibility index (Phi) is 9.38. The summed E-state index contributed by atoms with van der Waals surface area (Å²) in [5.74, 6) is 0. The molecule has 0 saturated carbocycles. The highest BCUT2D eigenvalue weighted by molar-refractivity contribution is 7.95. The zero-order valence-corrected chi connectivity index (χ0v) is 22.0. The number of nitrogens with zero attached hydrogens (tertiary/aromatic N) is 1. The van der Waals surface area contributed by atoms with Gasteiger partial charge in [-0.3, -0.25) is 9.44 Å². The summed E-state index contributed by atoms with van der Waals surface area (Å²) in [5, 5.41) is 4.40. The molecule has 1 aliphatic heterocycles. The van der Waals surface area contributed by atoms with Crippen LogP contribution in [0.4, 0.5) is 17.1 Å². The molecule has 36 heavy (non-hydrogen) atoms. The normalized spacial score (nSPS) is 14.6. The van der Waals surface area contributed by atoms with Gasteiger partial charge in [-0.25, -0.2) is 16.8 Å². The topological polar surface area (TPSA) is 108 Å². The molecule has 1 fully saturated rings. The van der Waals surface area contributed by atoms with E-state index in [-0.39, 0.29) is 28.7 Å². The third-order valence-electron chi connectivity index (χ3n) is 5.50. The molecule has 0 radical (unpaired) electrons. The predicted octanol–water partition coefficient (Wildman–Crippen LogP) is 4.12. The molecule has 0 bridgehead atoms. The molecule has 0 unspecified atom stereocenters. The number of nitrogens with one attached hydrogen (secondary N) is 3. The molecule has 0 amide bonds. The van der Waals surface area contributed by atoms with Crippen LogP contribution in [0.25, 0.3) is 6.08 Å². The van der Waals surface area contributed by atoms with Crippen molar-refractivity contribution >= 4 is 55.6 Å². The molecule has 0 aromatic heterocycles. The van der Waals surface area contributed by atoms with Crippen molar-refractivity contribution in [2.45, 2.75) is 11.3 Å². The molecule has 0 aliphatic carbocycles. The monoisotopic (exact) mass is 548 g/mol. The number of anilines is 3. The first kappa shape index (κ1) is 27.5. The fourth-order valence-electron chi connectivity index (χ4n) is 3.73. The maximum atomic E-state index is 13.0. The van der Waals surface area contributed by atoms with Gasteiger partial charge in [0.1, 0.15) is 0 Å². The van der Waals surface area contributed by atoms with Crippen LogP contribution < -0.4 is 19.7 Å². The molecule has 1 heterocycles. The lowest BCUT2D eigenvalue weighted by Gasteiger charge is -2.24. The van der Waals surface area contributed by atoms with Crippen molar-refractivity contribution < 1.29 is 16.8 Å². The molecule has 8 nitrogen and oxygen atoms in total. The van der Waals surface area contributed by atoms with E-state index in [9.17, 15) is 16.8 Å². The molecular weight excluding hydrogens is 520 g/mol. The van der Waals surface area contributed by atoms with Crippen molar-refractivity contribution in [2.75, 3.05) is 40.5 Å². The molecule has 192 valence electrons. The Bertz CT molecular complexity index is 1380. The summed E-state index contributed by atoms with van der Waals surface area (Å²) >= 11 is 0. The van der Waals surface area contributed by atoms with Crippen LogP contribution in [0.2, 0.25) is 0 Å². The molecule has 11 heteroatoms. The first-order valence-electron chi connectivity index (χ1n) is 11.3. The van der Waals surface area contributed by atoms with Crippen LogP contribution in [-0.2, 0) is 20.0 Å². The molecule has 0 spiro atoms. The van der Waals surface area contributed by atoms with Gasteiger partial charge in [0.05, 0.1) is 21.7 Å². The largest absolute Gasteiger partial charge is 0.370 e. The molecule has 0 atom stereocenters. The fourth-order valence-corrected chi connectivity index (χ4v) is 5.71. The van der Waals surface area contributed by atoms with E-state index in [4.69, 9.17) is 0 Å². The number of rotatable bonds is 8. The van der Waals surface area contributed by atoms with E-state index in [1.165, 1.54) is 18.2 Å². The number of halogens is 1. The van der Waals surface area contributed by atoms with Gasteiger partial charge in [-0.1, -0.05) is 48.5 Å². The van der Waals surface area contributed by atoms with E-state index in [2.05, 4.69) is 19.7 Å². The third-order valence-corrected chi connectivity index (χ3v) is 7.88. The Labute approximate surface area is 218 Å². The zero-order valence-electron chi connectivity index (χ0n) is 19.5. The van der Waals surface area contributed by atoms with Gasteiger partial charge in [-0.2, -0.15) is 0 Å². The Morgan fingerprint density at radius 1 is 0.778 bits per heavy atom. The maximum Gasteiger partial charge on any atom is 0.261 e. The van der Waals surface area contributed by atoms with Crippen molar-refractivity contribution in [1.29, 1.82) is 0 Å². The molecule has 4 rings (SSSR count). The molecule has 1 saturated heterocycles. The second-order valence-corrected chi connectivity index (χ2v) is 11.3. The maximum absolute atomic E-state index is 13.0. The summed E-state index contributed by atoms with van der Waals surface area (Å²) in [6, 6.07) is 22.1. The van der Waals surface area contributed by atoms with E-state index < -0.39 is 20.0 Å². The summed E-state index contributed by atoms with van der Waals surface area (Å²) in [4.78, 5) is 2.23. The third kappa shape index (κ3) is 7.47. The Balaban J connectivity index is 0.00000361. The summed E-state index contributed by atoms with van der Waals surface area (Å²) < 4.78 is 56.8. The van der Waals surface area contributed by atoms with Crippen molar-refractivity contribution in [3.63, 3.8) is 0 Å². The van der Waals surface area contributed by atoms with Crippen molar-refractivity contribution in [1.82, 2.24) is 5.32 Å². The van der Waals surface area contributed by atoms with Gasteiger partial charge in [0.15, 0.2) is 0 Å². The molecule has 3 aromatic carbocycles. The van der Waals surface area contributed by atoms with Gasteiger partial charge in [0.2, 0.25) is 0 Å². The second kappa shape index (κ2) is 12.3. The number of sulfonamides is 2. The summed E-state index contributed by atoms with van der Waals surface area (Å²) in [5.41, 5.74) is 1.83. The van der Waals surface area contributed by atoms with Crippen molar-refractivity contribution in [3.05, 3.63) is 89.8 Å². The van der Waals surface area contributed by atoms with Crippen LogP contribution in [0.3, 0.4) is 0 Å². The lowest BCUT2D eigenvalue weighted by atomic mass is 10.2. The van der Waals surface area contributed by atoms with E-state index in [1.54, 1.807) is 48.5 Å². The average molecular weight is 549 g/mol. The van der Waals surface area contributed by atoms with Crippen LogP contribution in [-0.4, -0.2) is 43.0 Å². The van der Waals surface area contributed by atoms with E-state index in [0.717, 1.165) is 49.3 Å². The lowest BCUT2D eigenvalue weighted by molar-refractivity contribution is 0.600. The highest BCUT2D eigenvalue weighted by Gasteiger charge is 2.20. The highest BCUT2D eigenvalue weighted by Crippen LogP contribution is 2.31. The van der Waals surface area contributed by atoms with Crippen LogP contribution in [0.15, 0.2) is 89.2 Å². The fraction of sp³-hybridized carbons (Fsp3) is 0.200. The molecule has 3 aromatic rings. The minimum absolute atomic E-state index is 0. The Morgan fingerprint density at radius 3 is 2.19 bits per heavy atom. The minimum Gasteiger partial charge on any atom is -0.370 e. The number of hydrogen-bond donors (Lipinski definition) is 3. The predicted molar refractivity (Wildman–Crippen MR) is 149 cm³/mol. The number of benzene rings is 3. The minimum atomic E-state index is -3.94. The van der Waals surface area contributed by atoms with Gasteiger partial charge in [0, 0.05) is 25.3 Å². The lowest BCUT2D eigenvalue weighted by Crippen LogP contribution is -2.28. The first-order valence-corrected chi connectivity index (χ1v) is 14.3. The van der Waals surface area contributed by atoms with E-state index >= 15 is 0 Å². The summed E-state index contributed by atoms with van der Waals surface area (Å²) in [6.45, 7) is 3.29. The molecule has 1 aliphatic rings. The van der Waals surface area contributed by atoms with E-state index in [0.29, 0.717) is 0 Å². The van der Waals surface area contributed by atoms with Crippen LogP contribution in [0, 0.1) is 0 Å². The Morgan fingerprint density at radius 2 is 1.47 bits per heavy atom. The van der Waals surface area contributed by atoms with Gasteiger partial charge in [0.25, 0.3) is 20.0 Å². The first-order chi connectivity index (χ1) is 16.8.